The van der Waals surface area contributed by atoms with E-state index in [1.165, 1.54) is 17.8 Å². The zero-order valence-electron chi connectivity index (χ0n) is 15.9. The van der Waals surface area contributed by atoms with Crippen molar-refractivity contribution >= 4 is 12.1 Å². The molecule has 2 aromatic carbocycles. The van der Waals surface area contributed by atoms with E-state index in [-0.39, 0.29) is 18.3 Å². The molecule has 2 aromatic rings. The molecule has 0 aromatic heterocycles. The summed E-state index contributed by atoms with van der Waals surface area (Å²) in [5.41, 5.74) is 4.09. The Morgan fingerprint density at radius 3 is 2.48 bits per heavy atom. The van der Waals surface area contributed by atoms with Gasteiger partial charge in [0.15, 0.2) is 6.61 Å². The van der Waals surface area contributed by atoms with Crippen molar-refractivity contribution in [2.24, 2.45) is 5.10 Å². The molecule has 2 rings (SSSR count). The number of hydrogen-bond donors (Lipinski definition) is 2. The third-order valence-electron chi connectivity index (χ3n) is 4.14. The monoisotopic (exact) mass is 370 g/mol. The highest BCUT2D eigenvalue weighted by atomic mass is 16.5. The van der Waals surface area contributed by atoms with Crippen molar-refractivity contribution < 1.29 is 19.4 Å². The van der Waals surface area contributed by atoms with Gasteiger partial charge < -0.3 is 14.6 Å². The van der Waals surface area contributed by atoms with Crippen molar-refractivity contribution in [1.29, 1.82) is 0 Å². The van der Waals surface area contributed by atoms with Crippen LogP contribution in [0.25, 0.3) is 0 Å². The van der Waals surface area contributed by atoms with Crippen LogP contribution in [0.4, 0.5) is 0 Å². The van der Waals surface area contributed by atoms with Gasteiger partial charge >= 0.3 is 0 Å². The van der Waals surface area contributed by atoms with Crippen LogP contribution >= 0.6 is 0 Å². The second kappa shape index (κ2) is 10.2. The summed E-state index contributed by atoms with van der Waals surface area (Å²) in [6.45, 7) is 6.55. The molecule has 1 atom stereocenters. The zero-order chi connectivity index (χ0) is 19.6. The van der Waals surface area contributed by atoms with E-state index in [1.54, 1.807) is 12.1 Å². The fourth-order valence-corrected chi connectivity index (χ4v) is 2.37. The Hall–Kier alpha value is -3.02. The molecule has 6 nitrogen and oxygen atoms in total. The van der Waals surface area contributed by atoms with Crippen molar-refractivity contribution in [3.05, 3.63) is 53.6 Å². The Labute approximate surface area is 159 Å². The van der Waals surface area contributed by atoms with E-state index in [2.05, 4.69) is 24.4 Å². The van der Waals surface area contributed by atoms with Crippen LogP contribution in [-0.2, 0) is 4.79 Å². The summed E-state index contributed by atoms with van der Waals surface area (Å²) in [6, 6.07) is 12.6. The van der Waals surface area contributed by atoms with E-state index < -0.39 is 0 Å². The first-order chi connectivity index (χ1) is 13.0. The second-order valence-electron chi connectivity index (χ2n) is 6.11. The van der Waals surface area contributed by atoms with Gasteiger partial charge in [-0.15, -0.1) is 0 Å². The molecule has 0 spiro atoms. The molecular weight excluding hydrogens is 344 g/mol. The minimum atomic E-state index is -0.386. The molecule has 0 saturated carbocycles. The van der Waals surface area contributed by atoms with Gasteiger partial charge in [0, 0.05) is 11.6 Å². The molecule has 0 aliphatic heterocycles. The number of nitrogens with zero attached hydrogens (tertiary/aromatic N) is 1. The van der Waals surface area contributed by atoms with E-state index in [0.29, 0.717) is 29.6 Å². The van der Waals surface area contributed by atoms with Crippen molar-refractivity contribution in [3.63, 3.8) is 0 Å². The number of hydrogen-bond acceptors (Lipinski definition) is 5. The Morgan fingerprint density at radius 2 is 1.85 bits per heavy atom. The molecule has 2 N–H and O–H groups in total. The molecule has 0 aliphatic rings. The van der Waals surface area contributed by atoms with Gasteiger partial charge in [0.1, 0.15) is 17.2 Å². The largest absolute Gasteiger partial charge is 0.507 e. The highest BCUT2D eigenvalue weighted by molar-refractivity contribution is 5.85. The van der Waals surface area contributed by atoms with Crippen molar-refractivity contribution in [3.8, 4) is 17.2 Å². The summed E-state index contributed by atoms with van der Waals surface area (Å²) in [4.78, 5) is 11.8. The maximum absolute atomic E-state index is 11.8. The molecule has 27 heavy (non-hydrogen) atoms. The zero-order valence-corrected chi connectivity index (χ0v) is 15.9. The normalized spacial score (nSPS) is 12.0. The van der Waals surface area contributed by atoms with E-state index in [0.717, 1.165) is 6.42 Å². The lowest BCUT2D eigenvalue weighted by Crippen LogP contribution is -2.24. The first kappa shape index (κ1) is 20.3. The number of benzene rings is 2. The second-order valence-corrected chi connectivity index (χ2v) is 6.11. The third-order valence-corrected chi connectivity index (χ3v) is 4.14. The number of phenols is 1. The first-order valence-electron chi connectivity index (χ1n) is 9.04. The van der Waals surface area contributed by atoms with Gasteiger partial charge in [-0.25, -0.2) is 5.43 Å². The number of carbonyl (C=O) groups excluding carboxylic acids is 1. The van der Waals surface area contributed by atoms with Crippen molar-refractivity contribution in [2.75, 3.05) is 13.2 Å². The standard InChI is InChI=1S/C21H26N2O4/c1-4-15(3)16-6-9-18(10-7-16)27-14-21(25)23-22-13-17-8-11-19(26-5-2)12-20(17)24/h6-13,15,24H,4-5,14H2,1-3H3,(H,23,25)/b22-13-/t15-/m0/s1. The molecule has 0 radical (unpaired) electrons. The van der Waals surface area contributed by atoms with Crippen molar-refractivity contribution in [2.45, 2.75) is 33.1 Å². The van der Waals surface area contributed by atoms with Crippen LogP contribution in [0.2, 0.25) is 0 Å². The maximum atomic E-state index is 11.8. The van der Waals surface area contributed by atoms with Crippen LogP contribution in [0.5, 0.6) is 17.2 Å². The van der Waals surface area contributed by atoms with Crippen LogP contribution in [0.15, 0.2) is 47.6 Å². The van der Waals surface area contributed by atoms with E-state index in [9.17, 15) is 9.90 Å². The average Bonchev–Trinajstić information content (AvgIpc) is 2.68. The quantitative estimate of drug-likeness (QED) is 0.519. The molecule has 144 valence electrons. The number of rotatable bonds is 9. The molecule has 0 bridgehead atoms. The lowest BCUT2D eigenvalue weighted by molar-refractivity contribution is -0.123. The van der Waals surface area contributed by atoms with Crippen LogP contribution < -0.4 is 14.9 Å². The molecule has 6 heteroatoms. The first-order valence-corrected chi connectivity index (χ1v) is 9.04. The molecule has 0 unspecified atom stereocenters. The average molecular weight is 370 g/mol. The molecular formula is C21H26N2O4. The fourth-order valence-electron chi connectivity index (χ4n) is 2.37. The van der Waals surface area contributed by atoms with Crippen LogP contribution in [0.3, 0.4) is 0 Å². The highest BCUT2D eigenvalue weighted by Gasteiger charge is 2.05. The fraction of sp³-hybridized carbons (Fsp3) is 0.333. The summed E-state index contributed by atoms with van der Waals surface area (Å²) in [5, 5.41) is 13.7. The number of aromatic hydroxyl groups is 1. The SMILES string of the molecule is CCOc1ccc(/C=N\NC(=O)COc2ccc([C@@H](C)CC)cc2)c(O)c1. The van der Waals surface area contributed by atoms with Gasteiger partial charge in [-0.2, -0.15) is 5.10 Å². The van der Waals surface area contributed by atoms with Gasteiger partial charge in [-0.05, 0) is 49.1 Å². The molecule has 0 fully saturated rings. The van der Waals surface area contributed by atoms with E-state index >= 15 is 0 Å². The minimum Gasteiger partial charge on any atom is -0.507 e. The van der Waals surface area contributed by atoms with Crippen LogP contribution in [0, 0.1) is 0 Å². The summed E-state index contributed by atoms with van der Waals surface area (Å²) >= 11 is 0. The van der Waals surface area contributed by atoms with Gasteiger partial charge in [-0.1, -0.05) is 26.0 Å². The van der Waals surface area contributed by atoms with Gasteiger partial charge in [0.25, 0.3) is 5.91 Å². The molecule has 1 amide bonds. The predicted octanol–water partition coefficient (Wildman–Crippen LogP) is 3.83. The number of hydrazone groups is 1. The Balaban J connectivity index is 1.81. The summed E-state index contributed by atoms with van der Waals surface area (Å²) in [6.07, 6.45) is 2.44. The lowest BCUT2D eigenvalue weighted by Gasteiger charge is -2.10. The topological polar surface area (TPSA) is 80.2 Å². The lowest BCUT2D eigenvalue weighted by atomic mass is 9.99. The molecule has 0 heterocycles. The number of phenolic OH excluding ortho intramolecular Hbond substituents is 1. The number of carbonyl (C=O) groups is 1. The number of amides is 1. The summed E-state index contributed by atoms with van der Waals surface area (Å²) < 4.78 is 10.7. The van der Waals surface area contributed by atoms with Crippen LogP contribution in [0.1, 0.15) is 44.2 Å². The molecule has 0 saturated heterocycles. The Bertz CT molecular complexity index is 772. The Morgan fingerprint density at radius 1 is 1.15 bits per heavy atom. The smallest absolute Gasteiger partial charge is 0.277 e. The van der Waals surface area contributed by atoms with E-state index in [4.69, 9.17) is 9.47 Å². The van der Waals surface area contributed by atoms with Crippen molar-refractivity contribution in [1.82, 2.24) is 5.43 Å². The van der Waals surface area contributed by atoms with E-state index in [1.807, 2.05) is 31.2 Å². The summed E-state index contributed by atoms with van der Waals surface area (Å²) in [7, 11) is 0. The maximum Gasteiger partial charge on any atom is 0.277 e. The predicted molar refractivity (Wildman–Crippen MR) is 106 cm³/mol. The van der Waals surface area contributed by atoms with Crippen LogP contribution in [-0.4, -0.2) is 30.4 Å². The van der Waals surface area contributed by atoms with Gasteiger partial charge in [-0.3, -0.25) is 4.79 Å². The van der Waals surface area contributed by atoms with Gasteiger partial charge in [0.05, 0.1) is 12.8 Å². The number of ether oxygens (including phenoxy) is 2. The number of nitrogens with one attached hydrogen (secondary N) is 1. The third kappa shape index (κ3) is 6.33. The highest BCUT2D eigenvalue weighted by Crippen LogP contribution is 2.22. The summed E-state index contributed by atoms with van der Waals surface area (Å²) in [5.74, 6) is 1.34. The molecule has 0 aliphatic carbocycles. The van der Waals surface area contributed by atoms with Gasteiger partial charge in [0.2, 0.25) is 0 Å². The Kier molecular flexibility index (Phi) is 7.67. The minimum absolute atomic E-state index is 0.0246.